The van der Waals surface area contributed by atoms with E-state index in [0.29, 0.717) is 5.92 Å². The molecule has 1 aliphatic heterocycles. The van der Waals surface area contributed by atoms with Crippen molar-refractivity contribution in [3.8, 4) is 0 Å². The lowest BCUT2D eigenvalue weighted by Crippen LogP contribution is -2.39. The number of ether oxygens (including phenoxy) is 1. The molecule has 0 aliphatic carbocycles. The summed E-state index contributed by atoms with van der Waals surface area (Å²) in [5.74, 6) is 0.594. The summed E-state index contributed by atoms with van der Waals surface area (Å²) in [7, 11) is 1.92. The van der Waals surface area contributed by atoms with Gasteiger partial charge in [-0.3, -0.25) is 4.79 Å². The van der Waals surface area contributed by atoms with Gasteiger partial charge >= 0.3 is 0 Å². The summed E-state index contributed by atoms with van der Waals surface area (Å²) in [6, 6.07) is 0. The minimum Gasteiger partial charge on any atom is -0.374 e. The fourth-order valence-electron chi connectivity index (χ4n) is 2.68. The molecule has 4 heteroatoms. The Morgan fingerprint density at radius 3 is 2.33 bits per heavy atom. The Bertz CT molecular complexity index is 273. The van der Waals surface area contributed by atoms with E-state index in [0.717, 1.165) is 18.3 Å². The number of carbonyl (C=O) groups excluding carboxylic acids is 1. The predicted octanol–water partition coefficient (Wildman–Crippen LogP) is 3.07. The normalized spacial score (nSPS) is 31.6. The molecule has 0 aromatic heterocycles. The number of amides is 1. The van der Waals surface area contributed by atoms with Crippen molar-refractivity contribution in [1.82, 2.24) is 4.90 Å². The molecule has 3 nitrogen and oxygen atoms in total. The number of nitrogens with zero attached hydrogens (tertiary/aromatic N) is 1. The van der Waals surface area contributed by atoms with Crippen LogP contribution in [0, 0.1) is 11.8 Å². The molecule has 0 saturated carbocycles. The van der Waals surface area contributed by atoms with Crippen molar-refractivity contribution in [2.75, 3.05) is 18.9 Å². The minimum absolute atomic E-state index is 0.0289. The van der Waals surface area contributed by atoms with Gasteiger partial charge in [0.2, 0.25) is 5.91 Å². The van der Waals surface area contributed by atoms with Gasteiger partial charge in [0.05, 0.1) is 18.1 Å². The number of alkyl halides is 1. The number of hydrogen-bond acceptors (Lipinski definition) is 2. The second-order valence-corrected chi connectivity index (χ2v) is 6.23. The molecule has 1 aliphatic rings. The highest BCUT2D eigenvalue weighted by Crippen LogP contribution is 2.33. The first-order valence-electron chi connectivity index (χ1n) is 6.95. The van der Waals surface area contributed by atoms with Crippen molar-refractivity contribution in [3.63, 3.8) is 0 Å². The summed E-state index contributed by atoms with van der Waals surface area (Å²) in [6.07, 6.45) is 3.67. The van der Waals surface area contributed by atoms with Gasteiger partial charge in [0.1, 0.15) is 0 Å². The van der Waals surface area contributed by atoms with Crippen LogP contribution in [-0.2, 0) is 9.53 Å². The van der Waals surface area contributed by atoms with Crippen molar-refractivity contribution in [1.29, 1.82) is 0 Å². The Morgan fingerprint density at radius 1 is 1.17 bits per heavy atom. The smallest absolute Gasteiger partial charge is 0.228 e. The molecule has 0 aromatic carbocycles. The molecule has 1 fully saturated rings. The van der Waals surface area contributed by atoms with E-state index in [2.05, 4.69) is 29.8 Å². The first-order valence-corrected chi connectivity index (χ1v) is 8.07. The van der Waals surface area contributed by atoms with Crippen LogP contribution in [0.4, 0.5) is 0 Å². The minimum atomic E-state index is 0.0289. The van der Waals surface area contributed by atoms with Crippen LogP contribution < -0.4 is 0 Å². The predicted molar refractivity (Wildman–Crippen MR) is 77.9 cm³/mol. The van der Waals surface area contributed by atoms with E-state index in [9.17, 15) is 4.79 Å². The third-order valence-corrected chi connectivity index (χ3v) is 4.59. The van der Waals surface area contributed by atoms with Gasteiger partial charge in [-0.25, -0.2) is 0 Å². The Hall–Kier alpha value is -0.0900. The van der Waals surface area contributed by atoms with E-state index < -0.39 is 0 Å². The molecule has 0 N–H and O–H groups in total. The Balaban J connectivity index is 2.43. The summed E-state index contributed by atoms with van der Waals surface area (Å²) >= 11 is 3.42. The Labute approximate surface area is 119 Å². The number of unbranched alkanes of at least 4 members (excludes halogenated alkanes) is 2. The van der Waals surface area contributed by atoms with Gasteiger partial charge in [-0.1, -0.05) is 29.3 Å². The van der Waals surface area contributed by atoms with Crippen LogP contribution in [0.3, 0.4) is 0 Å². The third-order valence-electron chi connectivity index (χ3n) is 4.03. The zero-order chi connectivity index (χ0) is 13.7. The molecular weight excluding hydrogens is 294 g/mol. The summed E-state index contributed by atoms with van der Waals surface area (Å²) in [4.78, 5) is 14.3. The van der Waals surface area contributed by atoms with Crippen molar-refractivity contribution in [2.45, 2.75) is 52.2 Å². The fourth-order valence-corrected chi connectivity index (χ4v) is 3.07. The average molecular weight is 320 g/mol. The molecule has 1 amide bonds. The van der Waals surface area contributed by atoms with Gasteiger partial charge in [0.25, 0.3) is 0 Å². The summed E-state index contributed by atoms with van der Waals surface area (Å²) in [5.41, 5.74) is 0. The van der Waals surface area contributed by atoms with Crippen molar-refractivity contribution < 1.29 is 9.53 Å². The van der Waals surface area contributed by atoms with Crippen LogP contribution in [0.15, 0.2) is 0 Å². The zero-order valence-corrected chi connectivity index (χ0v) is 13.6. The molecule has 1 rings (SSSR count). The largest absolute Gasteiger partial charge is 0.374 e. The highest BCUT2D eigenvalue weighted by molar-refractivity contribution is 9.09. The van der Waals surface area contributed by atoms with E-state index in [-0.39, 0.29) is 24.0 Å². The molecule has 18 heavy (non-hydrogen) atoms. The first kappa shape index (κ1) is 16.0. The van der Waals surface area contributed by atoms with E-state index >= 15 is 0 Å². The highest BCUT2D eigenvalue weighted by Gasteiger charge is 2.42. The fraction of sp³-hybridized carbons (Fsp3) is 0.929. The molecular formula is C14H26BrNO2. The van der Waals surface area contributed by atoms with Crippen LogP contribution in [0.5, 0.6) is 0 Å². The van der Waals surface area contributed by atoms with E-state index in [1.54, 1.807) is 0 Å². The van der Waals surface area contributed by atoms with Crippen LogP contribution in [-0.4, -0.2) is 41.9 Å². The second kappa shape index (κ2) is 7.49. The van der Waals surface area contributed by atoms with Crippen molar-refractivity contribution in [2.24, 2.45) is 11.8 Å². The van der Waals surface area contributed by atoms with Crippen molar-refractivity contribution >= 4 is 21.8 Å². The maximum atomic E-state index is 12.4. The first-order chi connectivity index (χ1) is 8.49. The topological polar surface area (TPSA) is 29.5 Å². The number of hydrogen-bond donors (Lipinski definition) is 0. The van der Waals surface area contributed by atoms with Gasteiger partial charge in [0.15, 0.2) is 0 Å². The van der Waals surface area contributed by atoms with E-state index in [1.807, 2.05) is 18.9 Å². The maximum absolute atomic E-state index is 12.4. The Morgan fingerprint density at radius 2 is 1.83 bits per heavy atom. The van der Waals surface area contributed by atoms with E-state index in [4.69, 9.17) is 4.74 Å². The second-order valence-electron chi connectivity index (χ2n) is 5.44. The highest BCUT2D eigenvalue weighted by atomic mass is 79.9. The van der Waals surface area contributed by atoms with Gasteiger partial charge in [-0.15, -0.1) is 0 Å². The number of rotatable bonds is 6. The summed E-state index contributed by atoms with van der Waals surface area (Å²) in [5, 5.41) is 1.05. The standard InChI is InChI=1S/C14H26BrNO2/c1-10-11(2)18-12(3)13(10)14(17)16(4)9-7-5-6-8-15/h10-13H,5-9H2,1-4H3. The Kier molecular flexibility index (Phi) is 6.64. The van der Waals surface area contributed by atoms with Crippen LogP contribution in [0.2, 0.25) is 0 Å². The molecule has 1 saturated heterocycles. The quantitative estimate of drug-likeness (QED) is 0.556. The molecule has 0 spiro atoms. The molecule has 4 unspecified atom stereocenters. The average Bonchev–Trinajstić information content (AvgIpc) is 2.58. The van der Waals surface area contributed by atoms with Gasteiger partial charge in [-0.05, 0) is 32.6 Å². The lowest BCUT2D eigenvalue weighted by atomic mass is 9.88. The zero-order valence-electron chi connectivity index (χ0n) is 12.0. The maximum Gasteiger partial charge on any atom is 0.228 e. The monoisotopic (exact) mass is 319 g/mol. The lowest BCUT2D eigenvalue weighted by Gasteiger charge is -2.25. The number of carbonyl (C=O) groups is 1. The van der Waals surface area contributed by atoms with Crippen LogP contribution in [0.1, 0.15) is 40.0 Å². The lowest BCUT2D eigenvalue weighted by molar-refractivity contribution is -0.136. The third kappa shape index (κ3) is 3.95. The molecule has 0 radical (unpaired) electrons. The van der Waals surface area contributed by atoms with Crippen molar-refractivity contribution in [3.05, 3.63) is 0 Å². The van der Waals surface area contributed by atoms with Gasteiger partial charge in [0, 0.05) is 18.9 Å². The van der Waals surface area contributed by atoms with E-state index in [1.165, 1.54) is 12.8 Å². The van der Waals surface area contributed by atoms with Crippen LogP contribution >= 0.6 is 15.9 Å². The SMILES string of the molecule is CC1OC(C)C(C(=O)N(C)CCCCCBr)C1C. The van der Waals surface area contributed by atoms with Gasteiger partial charge in [-0.2, -0.15) is 0 Å². The molecule has 4 atom stereocenters. The number of halogens is 1. The van der Waals surface area contributed by atoms with Gasteiger partial charge < -0.3 is 9.64 Å². The molecule has 0 aromatic rings. The molecule has 106 valence electrons. The summed E-state index contributed by atoms with van der Waals surface area (Å²) in [6.45, 7) is 7.05. The molecule has 1 heterocycles. The van der Waals surface area contributed by atoms with Crippen LogP contribution in [0.25, 0.3) is 0 Å². The molecule has 0 bridgehead atoms. The summed E-state index contributed by atoms with van der Waals surface area (Å²) < 4.78 is 5.75.